The average Bonchev–Trinajstić information content (AvgIpc) is 1.99. The van der Waals surface area contributed by atoms with Gasteiger partial charge in [-0.2, -0.15) is 0 Å². The molecule has 0 atom stereocenters. The van der Waals surface area contributed by atoms with Crippen molar-refractivity contribution in [1.29, 1.82) is 0 Å². The lowest BCUT2D eigenvalue weighted by Crippen LogP contribution is -2.20. The predicted octanol–water partition coefficient (Wildman–Crippen LogP) is 4.91. The third-order valence-electron chi connectivity index (χ3n) is 2.58. The van der Waals surface area contributed by atoms with Crippen molar-refractivity contribution < 1.29 is 4.39 Å². The summed E-state index contributed by atoms with van der Waals surface area (Å²) in [5, 5.41) is 0. The van der Waals surface area contributed by atoms with Gasteiger partial charge >= 0.3 is 0 Å². The predicted molar refractivity (Wildman–Crippen MR) is 66.6 cm³/mol. The van der Waals surface area contributed by atoms with E-state index in [1.807, 2.05) is 6.07 Å². The monoisotopic (exact) mass is 272 g/mol. The van der Waals surface area contributed by atoms with E-state index >= 15 is 0 Å². The summed E-state index contributed by atoms with van der Waals surface area (Å²) in [5.41, 5.74) is 1.26. The zero-order chi connectivity index (χ0) is 11.6. The van der Waals surface area contributed by atoms with Crippen LogP contribution in [0, 0.1) is 11.7 Å². The van der Waals surface area contributed by atoms with Crippen LogP contribution in [0.3, 0.4) is 0 Å². The molecule has 0 saturated carbocycles. The largest absolute Gasteiger partial charge is 0.207 e. The van der Waals surface area contributed by atoms with Gasteiger partial charge in [0.2, 0.25) is 0 Å². The molecule has 0 saturated heterocycles. The highest BCUT2D eigenvalue weighted by molar-refractivity contribution is 9.10. The van der Waals surface area contributed by atoms with Crippen molar-refractivity contribution in [2.45, 2.75) is 39.5 Å². The van der Waals surface area contributed by atoms with E-state index in [-0.39, 0.29) is 11.2 Å². The first kappa shape index (κ1) is 12.7. The van der Waals surface area contributed by atoms with Crippen LogP contribution in [0.25, 0.3) is 0 Å². The van der Waals surface area contributed by atoms with Crippen LogP contribution in [0.1, 0.15) is 39.7 Å². The molecular formula is C13H18BrF. The molecule has 0 aliphatic carbocycles. The lowest BCUT2D eigenvalue weighted by Gasteiger charge is -2.28. The summed E-state index contributed by atoms with van der Waals surface area (Å²) in [6.45, 7) is 8.81. The number of halogens is 2. The minimum atomic E-state index is -0.189. The van der Waals surface area contributed by atoms with Gasteiger partial charge in [-0.1, -0.05) is 49.7 Å². The number of rotatable bonds is 3. The Bertz CT molecular complexity index is 342. The highest BCUT2D eigenvalue weighted by atomic mass is 79.9. The molecule has 0 radical (unpaired) electrons. The summed E-state index contributed by atoms with van der Waals surface area (Å²) in [6.07, 6.45) is 1.09. The van der Waals surface area contributed by atoms with Gasteiger partial charge in [-0.15, -0.1) is 0 Å². The lowest BCUT2D eigenvalue weighted by atomic mass is 9.78. The van der Waals surface area contributed by atoms with E-state index in [0.717, 1.165) is 10.9 Å². The molecule has 2 heteroatoms. The van der Waals surface area contributed by atoms with Gasteiger partial charge < -0.3 is 0 Å². The quantitative estimate of drug-likeness (QED) is 0.733. The van der Waals surface area contributed by atoms with E-state index in [4.69, 9.17) is 0 Å². The summed E-state index contributed by atoms with van der Waals surface area (Å²) in [7, 11) is 0. The Morgan fingerprint density at radius 2 is 1.93 bits per heavy atom. The molecule has 0 unspecified atom stereocenters. The smallest absolute Gasteiger partial charge is 0.124 e. The first-order valence-electron chi connectivity index (χ1n) is 5.28. The summed E-state index contributed by atoms with van der Waals surface area (Å²) in [6, 6.07) is 4.95. The van der Waals surface area contributed by atoms with Crippen molar-refractivity contribution in [2.75, 3.05) is 0 Å². The Morgan fingerprint density at radius 1 is 1.33 bits per heavy atom. The number of hydrogen-bond acceptors (Lipinski definition) is 0. The minimum absolute atomic E-state index is 0.0840. The van der Waals surface area contributed by atoms with E-state index in [0.29, 0.717) is 5.92 Å². The third kappa shape index (κ3) is 3.30. The molecule has 0 N–H and O–H groups in total. The van der Waals surface area contributed by atoms with Crippen molar-refractivity contribution in [3.8, 4) is 0 Å². The van der Waals surface area contributed by atoms with Gasteiger partial charge in [0.05, 0.1) is 0 Å². The molecule has 0 aliphatic rings. The van der Waals surface area contributed by atoms with Crippen molar-refractivity contribution in [3.05, 3.63) is 34.1 Å². The van der Waals surface area contributed by atoms with Gasteiger partial charge in [-0.25, -0.2) is 4.39 Å². The molecule has 15 heavy (non-hydrogen) atoms. The average molecular weight is 273 g/mol. The zero-order valence-corrected chi connectivity index (χ0v) is 11.4. The van der Waals surface area contributed by atoms with Gasteiger partial charge in [-0.05, 0) is 35.4 Å². The van der Waals surface area contributed by atoms with Crippen molar-refractivity contribution in [3.63, 3.8) is 0 Å². The van der Waals surface area contributed by atoms with Crippen LogP contribution in [0.15, 0.2) is 22.7 Å². The molecular weight excluding hydrogens is 255 g/mol. The van der Waals surface area contributed by atoms with Crippen LogP contribution < -0.4 is 0 Å². The van der Waals surface area contributed by atoms with Crippen LogP contribution in [0.4, 0.5) is 4.39 Å². The number of benzene rings is 1. The standard InChI is InChI=1S/C13H18BrF/c1-9(2)8-13(3,4)11-6-5-10(15)7-12(11)14/h5-7,9H,8H2,1-4H3. The SMILES string of the molecule is CC(C)CC(C)(C)c1ccc(F)cc1Br. The Morgan fingerprint density at radius 3 is 2.40 bits per heavy atom. The first-order valence-corrected chi connectivity index (χ1v) is 6.08. The summed E-state index contributed by atoms with van der Waals surface area (Å²) in [5.74, 6) is 0.447. The molecule has 0 amide bonds. The third-order valence-corrected chi connectivity index (χ3v) is 3.23. The molecule has 0 fully saturated rings. The van der Waals surface area contributed by atoms with Crippen LogP contribution in [0.5, 0.6) is 0 Å². The fraction of sp³-hybridized carbons (Fsp3) is 0.538. The molecule has 1 rings (SSSR count). The van der Waals surface area contributed by atoms with Crippen molar-refractivity contribution in [2.24, 2.45) is 5.92 Å². The first-order chi connectivity index (χ1) is 6.83. The second-order valence-corrected chi connectivity index (χ2v) is 5.96. The molecule has 0 aromatic heterocycles. The molecule has 1 aromatic rings. The Labute approximate surface area is 100 Å². The van der Waals surface area contributed by atoms with Crippen LogP contribution in [0.2, 0.25) is 0 Å². The second kappa shape index (κ2) is 4.65. The maximum atomic E-state index is 13.0. The minimum Gasteiger partial charge on any atom is -0.207 e. The number of hydrogen-bond donors (Lipinski definition) is 0. The Balaban J connectivity index is 3.04. The van der Waals surface area contributed by atoms with Crippen LogP contribution in [-0.2, 0) is 5.41 Å². The summed E-state index contributed by atoms with van der Waals surface area (Å²) in [4.78, 5) is 0. The summed E-state index contributed by atoms with van der Waals surface area (Å²) < 4.78 is 13.8. The van der Waals surface area contributed by atoms with Gasteiger partial charge in [0, 0.05) is 4.47 Å². The Hall–Kier alpha value is -0.370. The van der Waals surface area contributed by atoms with Crippen LogP contribution in [-0.4, -0.2) is 0 Å². The highest BCUT2D eigenvalue weighted by Gasteiger charge is 2.24. The molecule has 0 bridgehead atoms. The topological polar surface area (TPSA) is 0 Å². The van der Waals surface area contributed by atoms with Gasteiger partial charge in [0.25, 0.3) is 0 Å². The van der Waals surface area contributed by atoms with E-state index in [1.165, 1.54) is 17.7 Å². The van der Waals surface area contributed by atoms with Gasteiger partial charge in [-0.3, -0.25) is 0 Å². The maximum Gasteiger partial charge on any atom is 0.124 e. The van der Waals surface area contributed by atoms with Crippen molar-refractivity contribution in [1.82, 2.24) is 0 Å². The molecule has 1 aromatic carbocycles. The molecule has 0 nitrogen and oxygen atoms in total. The molecule has 84 valence electrons. The lowest BCUT2D eigenvalue weighted by molar-refractivity contribution is 0.398. The van der Waals surface area contributed by atoms with Gasteiger partial charge in [0.1, 0.15) is 5.82 Å². The van der Waals surface area contributed by atoms with Crippen LogP contribution >= 0.6 is 15.9 Å². The fourth-order valence-corrected chi connectivity index (χ4v) is 3.06. The fourth-order valence-electron chi connectivity index (χ4n) is 2.17. The second-order valence-electron chi connectivity index (χ2n) is 5.11. The highest BCUT2D eigenvalue weighted by Crippen LogP contribution is 2.35. The Kier molecular flexibility index (Phi) is 3.93. The van der Waals surface area contributed by atoms with Crippen molar-refractivity contribution >= 4 is 15.9 Å². The molecule has 0 heterocycles. The van der Waals surface area contributed by atoms with E-state index in [1.54, 1.807) is 0 Å². The van der Waals surface area contributed by atoms with E-state index in [2.05, 4.69) is 43.6 Å². The van der Waals surface area contributed by atoms with E-state index < -0.39 is 0 Å². The summed E-state index contributed by atoms with van der Waals surface area (Å²) >= 11 is 3.43. The van der Waals surface area contributed by atoms with E-state index in [9.17, 15) is 4.39 Å². The van der Waals surface area contributed by atoms with Gasteiger partial charge in [0.15, 0.2) is 0 Å². The zero-order valence-electron chi connectivity index (χ0n) is 9.77. The normalized spacial score (nSPS) is 12.2. The molecule has 0 aliphatic heterocycles. The maximum absolute atomic E-state index is 13.0. The molecule has 0 spiro atoms.